The first-order chi connectivity index (χ1) is 10.0. The summed E-state index contributed by atoms with van der Waals surface area (Å²) in [5.41, 5.74) is 1.00. The van der Waals surface area contributed by atoms with Crippen LogP contribution in [0.4, 0.5) is 10.1 Å². The van der Waals surface area contributed by atoms with Crippen molar-refractivity contribution in [2.45, 2.75) is 13.5 Å². The molecule has 0 bridgehead atoms. The molecule has 0 fully saturated rings. The van der Waals surface area contributed by atoms with E-state index in [0.717, 1.165) is 11.6 Å². The molecule has 2 rings (SSSR count). The number of ether oxygens (including phenoxy) is 1. The molecule has 106 valence electrons. The van der Waals surface area contributed by atoms with E-state index < -0.39 is 10.7 Å². The van der Waals surface area contributed by atoms with Crippen LogP contribution in [0.1, 0.15) is 16.7 Å². The lowest BCUT2D eigenvalue weighted by molar-refractivity contribution is -0.386. The van der Waals surface area contributed by atoms with E-state index in [2.05, 4.69) is 0 Å². The largest absolute Gasteiger partial charge is 0.482 e. The van der Waals surface area contributed by atoms with E-state index >= 15 is 0 Å². The van der Waals surface area contributed by atoms with Gasteiger partial charge in [0.05, 0.1) is 16.6 Å². The number of aryl methyl sites for hydroxylation is 1. The minimum Gasteiger partial charge on any atom is -0.482 e. The number of hydrogen-bond acceptors (Lipinski definition) is 4. The third-order valence-corrected chi connectivity index (χ3v) is 2.88. The molecule has 0 heterocycles. The van der Waals surface area contributed by atoms with Gasteiger partial charge in [-0.1, -0.05) is 12.1 Å². The number of nitriles is 1. The van der Waals surface area contributed by atoms with Crippen LogP contribution in [-0.4, -0.2) is 4.92 Å². The number of hydrogen-bond donors (Lipinski definition) is 0. The maximum Gasteiger partial charge on any atom is 0.311 e. The fraction of sp³-hybridized carbons (Fsp3) is 0.133. The molecule has 5 nitrogen and oxygen atoms in total. The van der Waals surface area contributed by atoms with Crippen molar-refractivity contribution in [3.63, 3.8) is 0 Å². The summed E-state index contributed by atoms with van der Waals surface area (Å²) in [4.78, 5) is 10.4. The summed E-state index contributed by atoms with van der Waals surface area (Å²) in [6, 6.07) is 10.4. The van der Waals surface area contributed by atoms with Crippen molar-refractivity contribution in [1.82, 2.24) is 0 Å². The average Bonchev–Trinajstić information content (AvgIpc) is 2.46. The molecule has 2 aromatic rings. The third kappa shape index (κ3) is 3.34. The summed E-state index contributed by atoms with van der Waals surface area (Å²) in [5, 5.41) is 19.6. The van der Waals surface area contributed by atoms with Crippen molar-refractivity contribution in [1.29, 1.82) is 5.26 Å². The Balaban J connectivity index is 2.21. The predicted octanol–water partition coefficient (Wildman–Crippen LogP) is 3.49. The lowest BCUT2D eigenvalue weighted by atomic mass is 10.1. The fourth-order valence-corrected chi connectivity index (χ4v) is 1.78. The Kier molecular flexibility index (Phi) is 4.14. The van der Waals surface area contributed by atoms with Crippen LogP contribution in [0.15, 0.2) is 36.4 Å². The highest BCUT2D eigenvalue weighted by Gasteiger charge is 2.15. The summed E-state index contributed by atoms with van der Waals surface area (Å²) < 4.78 is 19.0. The molecular formula is C15H11FN2O3. The summed E-state index contributed by atoms with van der Waals surface area (Å²) in [7, 11) is 0. The first-order valence-electron chi connectivity index (χ1n) is 6.07. The van der Waals surface area contributed by atoms with Crippen LogP contribution in [0.3, 0.4) is 0 Å². The number of nitrogens with zero attached hydrogens (tertiary/aromatic N) is 2. The zero-order valence-electron chi connectivity index (χ0n) is 11.2. The van der Waals surface area contributed by atoms with E-state index in [1.807, 2.05) is 6.07 Å². The molecule has 0 amide bonds. The molecule has 0 unspecified atom stereocenters. The van der Waals surface area contributed by atoms with E-state index in [-0.39, 0.29) is 29.2 Å². The Hall–Kier alpha value is -2.94. The molecule has 0 spiro atoms. The maximum absolute atomic E-state index is 13.7. The molecule has 0 saturated heterocycles. The van der Waals surface area contributed by atoms with Gasteiger partial charge in [0.25, 0.3) is 0 Å². The normalized spacial score (nSPS) is 9.95. The van der Waals surface area contributed by atoms with Gasteiger partial charge in [-0.25, -0.2) is 4.39 Å². The van der Waals surface area contributed by atoms with E-state index in [1.165, 1.54) is 24.3 Å². The second kappa shape index (κ2) is 6.01. The Morgan fingerprint density at radius 3 is 2.71 bits per heavy atom. The average molecular weight is 286 g/mol. The molecule has 2 aromatic carbocycles. The summed E-state index contributed by atoms with van der Waals surface area (Å²) in [6.45, 7) is 1.58. The Morgan fingerprint density at radius 1 is 1.33 bits per heavy atom. The van der Waals surface area contributed by atoms with Gasteiger partial charge in [-0.15, -0.1) is 0 Å². The molecule has 0 aliphatic rings. The number of halogens is 1. The van der Waals surface area contributed by atoms with Crippen molar-refractivity contribution in [2.75, 3.05) is 0 Å². The maximum atomic E-state index is 13.7. The minimum atomic E-state index is -0.580. The SMILES string of the molecule is Cc1ccc(OCc2ccc(C#N)cc2F)c([N+](=O)[O-])c1. The van der Waals surface area contributed by atoms with Crippen LogP contribution in [0.25, 0.3) is 0 Å². The molecule has 0 atom stereocenters. The molecular weight excluding hydrogens is 275 g/mol. The first-order valence-corrected chi connectivity index (χ1v) is 6.07. The lowest BCUT2D eigenvalue weighted by Crippen LogP contribution is -2.01. The van der Waals surface area contributed by atoms with Gasteiger partial charge >= 0.3 is 5.69 Å². The van der Waals surface area contributed by atoms with Gasteiger partial charge in [-0.2, -0.15) is 5.26 Å². The van der Waals surface area contributed by atoms with E-state index in [9.17, 15) is 14.5 Å². The topological polar surface area (TPSA) is 76.2 Å². The summed E-state index contributed by atoms with van der Waals surface area (Å²) in [6.07, 6.45) is 0. The zero-order chi connectivity index (χ0) is 15.4. The molecule has 0 saturated carbocycles. The minimum absolute atomic E-state index is 0.0781. The monoisotopic (exact) mass is 286 g/mol. The zero-order valence-corrected chi connectivity index (χ0v) is 11.2. The molecule has 0 aromatic heterocycles. The van der Waals surface area contributed by atoms with Gasteiger partial charge in [-0.3, -0.25) is 10.1 Å². The highest BCUT2D eigenvalue weighted by Crippen LogP contribution is 2.28. The second-order valence-corrected chi connectivity index (χ2v) is 4.43. The van der Waals surface area contributed by atoms with Crippen LogP contribution in [0.5, 0.6) is 5.75 Å². The molecule has 0 aliphatic heterocycles. The van der Waals surface area contributed by atoms with Gasteiger partial charge in [0.15, 0.2) is 5.75 Å². The quantitative estimate of drug-likeness (QED) is 0.636. The van der Waals surface area contributed by atoms with Crippen LogP contribution < -0.4 is 4.74 Å². The Morgan fingerprint density at radius 2 is 2.10 bits per heavy atom. The highest BCUT2D eigenvalue weighted by molar-refractivity contribution is 5.48. The third-order valence-electron chi connectivity index (χ3n) is 2.88. The van der Waals surface area contributed by atoms with Crippen molar-refractivity contribution in [2.24, 2.45) is 0 Å². The summed E-state index contributed by atoms with van der Waals surface area (Å²) in [5.74, 6) is -0.502. The van der Waals surface area contributed by atoms with Crippen LogP contribution >= 0.6 is 0 Å². The van der Waals surface area contributed by atoms with E-state index in [1.54, 1.807) is 13.0 Å². The number of benzene rings is 2. The van der Waals surface area contributed by atoms with Crippen molar-refractivity contribution in [3.8, 4) is 11.8 Å². The fourth-order valence-electron chi connectivity index (χ4n) is 1.78. The Labute approximate surface area is 120 Å². The van der Waals surface area contributed by atoms with Crippen molar-refractivity contribution in [3.05, 3.63) is 69.0 Å². The van der Waals surface area contributed by atoms with E-state index in [0.29, 0.717) is 0 Å². The second-order valence-electron chi connectivity index (χ2n) is 4.43. The highest BCUT2D eigenvalue weighted by atomic mass is 19.1. The number of nitro groups is 1. The van der Waals surface area contributed by atoms with Crippen molar-refractivity contribution < 1.29 is 14.1 Å². The van der Waals surface area contributed by atoms with Gasteiger partial charge in [-0.05, 0) is 30.7 Å². The van der Waals surface area contributed by atoms with E-state index in [4.69, 9.17) is 10.00 Å². The van der Waals surface area contributed by atoms with Gasteiger partial charge in [0.1, 0.15) is 12.4 Å². The predicted molar refractivity (Wildman–Crippen MR) is 73.3 cm³/mol. The first kappa shape index (κ1) is 14.5. The Bertz CT molecular complexity index is 738. The van der Waals surface area contributed by atoms with Gasteiger partial charge < -0.3 is 4.74 Å². The molecule has 0 radical (unpaired) electrons. The number of nitro benzene ring substituents is 1. The lowest BCUT2D eigenvalue weighted by Gasteiger charge is -2.08. The van der Waals surface area contributed by atoms with Crippen LogP contribution in [0, 0.1) is 34.2 Å². The number of rotatable bonds is 4. The molecule has 6 heteroatoms. The molecule has 21 heavy (non-hydrogen) atoms. The van der Waals surface area contributed by atoms with Crippen molar-refractivity contribution >= 4 is 5.69 Å². The smallest absolute Gasteiger partial charge is 0.311 e. The molecule has 0 aliphatic carbocycles. The van der Waals surface area contributed by atoms with Crippen LogP contribution in [0.2, 0.25) is 0 Å². The summed E-state index contributed by atoms with van der Waals surface area (Å²) >= 11 is 0. The van der Waals surface area contributed by atoms with Crippen LogP contribution in [-0.2, 0) is 6.61 Å². The van der Waals surface area contributed by atoms with Gasteiger partial charge in [0.2, 0.25) is 0 Å². The van der Waals surface area contributed by atoms with Gasteiger partial charge in [0, 0.05) is 11.6 Å². The standard InChI is InChI=1S/C15H11FN2O3/c1-10-2-5-15(14(6-10)18(19)20)21-9-12-4-3-11(8-17)7-13(12)16/h2-7H,9H2,1H3. The molecule has 0 N–H and O–H groups in total.